The number of ether oxygens (including phenoxy) is 2. The maximum Gasteiger partial charge on any atom is 0.491 e. The zero-order valence-electron chi connectivity index (χ0n) is 20.6. The van der Waals surface area contributed by atoms with Gasteiger partial charge in [0.1, 0.15) is 5.75 Å². The zero-order chi connectivity index (χ0) is 26.4. The Labute approximate surface area is 213 Å². The standard InChI is InChI=1S/C29H30F3NO4/c1-36-25-22(20-5-3-2-4-6-20)9-7-21(8-10-23(34)37-27(35)29(30,31)32)24(25)26(33)28-14-17-11-18(15-28)13-19(12-17)16-28/h2-10,17-19,26H,11-16,33H2,1H3/b10-8+. The second-order valence-corrected chi connectivity index (χ2v) is 10.8. The van der Waals surface area contributed by atoms with Crippen LogP contribution in [0.25, 0.3) is 17.2 Å². The van der Waals surface area contributed by atoms with Crippen LogP contribution in [0.1, 0.15) is 55.7 Å². The summed E-state index contributed by atoms with van der Waals surface area (Å²) in [7, 11) is 1.57. The molecule has 4 saturated carbocycles. The molecule has 2 aromatic carbocycles. The number of rotatable bonds is 6. The monoisotopic (exact) mass is 513 g/mol. The summed E-state index contributed by atoms with van der Waals surface area (Å²) in [4.78, 5) is 23.1. The van der Waals surface area contributed by atoms with Crippen molar-refractivity contribution in [2.45, 2.75) is 50.7 Å². The average Bonchev–Trinajstić information content (AvgIpc) is 2.85. The molecule has 8 heteroatoms. The third-order valence-corrected chi connectivity index (χ3v) is 8.40. The Morgan fingerprint density at radius 1 is 1.00 bits per heavy atom. The first-order chi connectivity index (χ1) is 17.6. The summed E-state index contributed by atoms with van der Waals surface area (Å²) < 4.78 is 47.4. The molecular weight excluding hydrogens is 483 g/mol. The number of carbonyl (C=O) groups is 2. The van der Waals surface area contributed by atoms with Crippen molar-refractivity contribution < 1.29 is 32.2 Å². The number of nitrogens with two attached hydrogens (primary N) is 1. The number of halogens is 3. The van der Waals surface area contributed by atoms with E-state index < -0.39 is 24.2 Å². The minimum Gasteiger partial charge on any atom is -0.496 e. The Balaban J connectivity index is 1.56. The van der Waals surface area contributed by atoms with Crippen molar-refractivity contribution in [1.82, 2.24) is 0 Å². The Bertz CT molecular complexity index is 1190. The van der Waals surface area contributed by atoms with Gasteiger partial charge in [-0.3, -0.25) is 0 Å². The van der Waals surface area contributed by atoms with E-state index in [1.807, 2.05) is 36.4 Å². The number of alkyl halides is 3. The smallest absolute Gasteiger partial charge is 0.491 e. The van der Waals surface area contributed by atoms with Crippen LogP contribution in [0.3, 0.4) is 0 Å². The summed E-state index contributed by atoms with van der Waals surface area (Å²) in [6.45, 7) is 0. The van der Waals surface area contributed by atoms with Gasteiger partial charge in [0.05, 0.1) is 7.11 Å². The lowest BCUT2D eigenvalue weighted by atomic mass is 9.47. The second kappa shape index (κ2) is 9.63. The molecule has 0 aromatic heterocycles. The molecule has 196 valence electrons. The Morgan fingerprint density at radius 2 is 1.59 bits per heavy atom. The maximum absolute atomic E-state index is 12.5. The summed E-state index contributed by atoms with van der Waals surface area (Å²) in [5.74, 6) is -1.41. The number of esters is 2. The minimum atomic E-state index is -5.25. The Kier molecular flexibility index (Phi) is 6.64. The molecule has 2 aromatic rings. The van der Waals surface area contributed by atoms with Gasteiger partial charge in [0.2, 0.25) is 0 Å². The first kappa shape index (κ1) is 25.5. The summed E-state index contributed by atoms with van der Waals surface area (Å²) in [6, 6.07) is 12.9. The molecule has 37 heavy (non-hydrogen) atoms. The van der Waals surface area contributed by atoms with E-state index >= 15 is 0 Å². The first-order valence-corrected chi connectivity index (χ1v) is 12.6. The van der Waals surface area contributed by atoms with E-state index in [2.05, 4.69) is 4.74 Å². The fraction of sp³-hybridized carbons (Fsp3) is 0.448. The maximum atomic E-state index is 12.5. The topological polar surface area (TPSA) is 78.6 Å². The van der Waals surface area contributed by atoms with E-state index in [4.69, 9.17) is 10.5 Å². The third-order valence-electron chi connectivity index (χ3n) is 8.40. The molecule has 4 aliphatic carbocycles. The van der Waals surface area contributed by atoms with Gasteiger partial charge < -0.3 is 15.2 Å². The molecule has 0 amide bonds. The van der Waals surface area contributed by atoms with E-state index in [0.717, 1.165) is 42.0 Å². The number of carbonyl (C=O) groups excluding carboxylic acids is 2. The Morgan fingerprint density at radius 3 is 2.14 bits per heavy atom. The van der Waals surface area contributed by atoms with Gasteiger partial charge in [0.15, 0.2) is 0 Å². The molecule has 1 unspecified atom stereocenters. The average molecular weight is 514 g/mol. The lowest BCUT2D eigenvalue weighted by molar-refractivity contribution is -0.200. The highest BCUT2D eigenvalue weighted by atomic mass is 19.4. The molecule has 0 heterocycles. The highest BCUT2D eigenvalue weighted by molar-refractivity contribution is 5.96. The van der Waals surface area contributed by atoms with Crippen LogP contribution >= 0.6 is 0 Å². The lowest BCUT2D eigenvalue weighted by Gasteiger charge is -2.59. The fourth-order valence-electron chi connectivity index (χ4n) is 7.35. The second-order valence-electron chi connectivity index (χ2n) is 10.8. The van der Waals surface area contributed by atoms with E-state index in [-0.39, 0.29) is 5.41 Å². The summed E-state index contributed by atoms with van der Waals surface area (Å²) in [5, 5.41) is 0. The van der Waals surface area contributed by atoms with Gasteiger partial charge in [-0.15, -0.1) is 0 Å². The molecule has 4 fully saturated rings. The van der Waals surface area contributed by atoms with Crippen molar-refractivity contribution in [2.24, 2.45) is 28.9 Å². The summed E-state index contributed by atoms with van der Waals surface area (Å²) >= 11 is 0. The highest BCUT2D eigenvalue weighted by Crippen LogP contribution is 2.64. The molecular formula is C29H30F3NO4. The largest absolute Gasteiger partial charge is 0.496 e. The number of methoxy groups -OCH3 is 1. The van der Waals surface area contributed by atoms with Crippen molar-refractivity contribution in [3.63, 3.8) is 0 Å². The van der Waals surface area contributed by atoms with Crippen LogP contribution in [0.15, 0.2) is 48.5 Å². The predicted molar refractivity (Wildman–Crippen MR) is 132 cm³/mol. The fourth-order valence-corrected chi connectivity index (χ4v) is 7.35. The minimum absolute atomic E-state index is 0.104. The van der Waals surface area contributed by atoms with Crippen LogP contribution in [-0.2, 0) is 14.3 Å². The van der Waals surface area contributed by atoms with Crippen LogP contribution in [0.2, 0.25) is 0 Å². The molecule has 4 aliphatic rings. The van der Waals surface area contributed by atoms with Crippen molar-refractivity contribution in [3.8, 4) is 16.9 Å². The normalized spacial score (nSPS) is 27.3. The van der Waals surface area contributed by atoms with Crippen molar-refractivity contribution >= 4 is 18.0 Å². The molecule has 0 saturated heterocycles. The SMILES string of the molecule is COc1c(-c2ccccc2)ccc(/C=C/C(=O)OC(=O)C(F)(F)F)c1C(N)C12CC3CC(CC(C3)C1)C2. The van der Waals surface area contributed by atoms with E-state index in [9.17, 15) is 22.8 Å². The van der Waals surface area contributed by atoms with E-state index in [1.54, 1.807) is 13.2 Å². The quantitative estimate of drug-likeness (QED) is 0.282. The number of hydrogen-bond acceptors (Lipinski definition) is 5. The van der Waals surface area contributed by atoms with Crippen LogP contribution in [-0.4, -0.2) is 25.2 Å². The predicted octanol–water partition coefficient (Wildman–Crippen LogP) is 6.22. The zero-order valence-corrected chi connectivity index (χ0v) is 20.6. The molecule has 0 aliphatic heterocycles. The summed E-state index contributed by atoms with van der Waals surface area (Å²) in [5.41, 5.74) is 10.1. The van der Waals surface area contributed by atoms with Crippen molar-refractivity contribution in [1.29, 1.82) is 0 Å². The van der Waals surface area contributed by atoms with Crippen LogP contribution in [0.5, 0.6) is 5.75 Å². The number of hydrogen-bond donors (Lipinski definition) is 1. The molecule has 1 atom stereocenters. The van der Waals surface area contributed by atoms with Gasteiger partial charge >= 0.3 is 18.1 Å². The van der Waals surface area contributed by atoms with Gasteiger partial charge in [0, 0.05) is 23.2 Å². The molecule has 4 bridgehead atoms. The van der Waals surface area contributed by atoms with Crippen LogP contribution in [0, 0.1) is 23.2 Å². The van der Waals surface area contributed by atoms with Gasteiger partial charge in [-0.05, 0) is 78.9 Å². The van der Waals surface area contributed by atoms with Crippen molar-refractivity contribution in [2.75, 3.05) is 7.11 Å². The summed E-state index contributed by atoms with van der Waals surface area (Å²) in [6.07, 6.45) is 3.78. The molecule has 2 N–H and O–H groups in total. The molecule has 6 rings (SSSR count). The lowest BCUT2D eigenvalue weighted by Crippen LogP contribution is -2.51. The van der Waals surface area contributed by atoms with E-state index in [0.29, 0.717) is 29.1 Å². The van der Waals surface area contributed by atoms with Crippen LogP contribution in [0.4, 0.5) is 13.2 Å². The number of benzene rings is 2. The van der Waals surface area contributed by atoms with Crippen molar-refractivity contribution in [3.05, 3.63) is 59.7 Å². The molecule has 0 spiro atoms. The van der Waals surface area contributed by atoms with Gasteiger partial charge in [0.25, 0.3) is 0 Å². The highest BCUT2D eigenvalue weighted by Gasteiger charge is 2.54. The third kappa shape index (κ3) is 4.91. The van der Waals surface area contributed by atoms with Gasteiger partial charge in [-0.25, -0.2) is 9.59 Å². The molecule has 5 nitrogen and oxygen atoms in total. The van der Waals surface area contributed by atoms with Crippen LogP contribution < -0.4 is 10.5 Å². The molecule has 0 radical (unpaired) electrons. The van der Waals surface area contributed by atoms with Gasteiger partial charge in [-0.1, -0.05) is 42.5 Å². The van der Waals surface area contributed by atoms with Gasteiger partial charge in [-0.2, -0.15) is 13.2 Å². The first-order valence-electron chi connectivity index (χ1n) is 12.6. The van der Waals surface area contributed by atoms with E-state index in [1.165, 1.54) is 25.3 Å². The Hall–Kier alpha value is -3.13.